The Kier molecular flexibility index (Phi) is 3.16. The third-order valence-corrected chi connectivity index (χ3v) is 3.06. The number of hydrogen-bond acceptors (Lipinski definition) is 3. The molecule has 0 N–H and O–H groups in total. The van der Waals surface area contributed by atoms with Crippen LogP contribution in [0.15, 0.2) is 24.4 Å². The van der Waals surface area contributed by atoms with Crippen molar-refractivity contribution in [2.24, 2.45) is 0 Å². The monoisotopic (exact) mass is 245 g/mol. The lowest BCUT2D eigenvalue weighted by atomic mass is 9.85. The van der Waals surface area contributed by atoms with Crippen LogP contribution < -0.4 is 9.47 Å². The number of hydrogen-bond donors (Lipinski definition) is 0. The van der Waals surface area contributed by atoms with Crippen LogP contribution in [0.1, 0.15) is 26.3 Å². The molecule has 0 radical (unpaired) electrons. The van der Waals surface area contributed by atoms with E-state index in [2.05, 4.69) is 25.8 Å². The van der Waals surface area contributed by atoms with Crippen molar-refractivity contribution in [3.8, 4) is 11.6 Å². The first-order chi connectivity index (χ1) is 8.47. The van der Waals surface area contributed by atoms with E-state index in [0.29, 0.717) is 5.88 Å². The number of rotatable bonds is 2. The second-order valence-corrected chi connectivity index (χ2v) is 5.34. The lowest BCUT2D eigenvalue weighted by Crippen LogP contribution is -2.12. The molecule has 18 heavy (non-hydrogen) atoms. The largest absolute Gasteiger partial charge is 0.497 e. The van der Waals surface area contributed by atoms with E-state index in [9.17, 15) is 0 Å². The molecule has 0 saturated carbocycles. The Morgan fingerprint density at radius 1 is 1.00 bits per heavy atom. The highest BCUT2D eigenvalue weighted by molar-refractivity contribution is 5.91. The van der Waals surface area contributed by atoms with Gasteiger partial charge in [-0.15, -0.1) is 0 Å². The Hall–Kier alpha value is -1.77. The van der Waals surface area contributed by atoms with Crippen molar-refractivity contribution in [2.45, 2.75) is 26.2 Å². The van der Waals surface area contributed by atoms with Gasteiger partial charge in [0.05, 0.1) is 14.2 Å². The summed E-state index contributed by atoms with van der Waals surface area (Å²) in [5.41, 5.74) is 1.22. The quantitative estimate of drug-likeness (QED) is 0.810. The molecule has 0 atom stereocenters. The van der Waals surface area contributed by atoms with E-state index < -0.39 is 0 Å². The van der Waals surface area contributed by atoms with E-state index >= 15 is 0 Å². The Bertz CT molecular complexity index is 570. The van der Waals surface area contributed by atoms with Gasteiger partial charge in [-0.1, -0.05) is 20.8 Å². The van der Waals surface area contributed by atoms with Gasteiger partial charge < -0.3 is 9.47 Å². The van der Waals surface area contributed by atoms with Gasteiger partial charge in [-0.05, 0) is 34.6 Å². The highest BCUT2D eigenvalue weighted by Gasteiger charge is 2.19. The van der Waals surface area contributed by atoms with E-state index in [-0.39, 0.29) is 5.41 Å². The molecule has 0 aliphatic carbocycles. The van der Waals surface area contributed by atoms with Crippen LogP contribution in [0.3, 0.4) is 0 Å². The summed E-state index contributed by atoms with van der Waals surface area (Å²) < 4.78 is 10.6. The van der Waals surface area contributed by atoms with Crippen LogP contribution in [-0.4, -0.2) is 19.2 Å². The fourth-order valence-electron chi connectivity index (χ4n) is 2.08. The first-order valence-electron chi connectivity index (χ1n) is 5.98. The van der Waals surface area contributed by atoms with Gasteiger partial charge in [0.1, 0.15) is 5.75 Å². The Balaban J connectivity index is 2.80. The molecule has 0 spiro atoms. The number of nitrogens with zero attached hydrogens (tertiary/aromatic N) is 1. The van der Waals surface area contributed by atoms with Crippen molar-refractivity contribution in [1.29, 1.82) is 0 Å². The zero-order valence-electron chi connectivity index (χ0n) is 11.6. The van der Waals surface area contributed by atoms with Gasteiger partial charge >= 0.3 is 0 Å². The average molecular weight is 245 g/mol. The molecule has 0 unspecified atom stereocenters. The molecule has 3 nitrogen and oxygen atoms in total. The molecule has 0 amide bonds. The summed E-state index contributed by atoms with van der Waals surface area (Å²) >= 11 is 0. The summed E-state index contributed by atoms with van der Waals surface area (Å²) in [4.78, 5) is 4.38. The van der Waals surface area contributed by atoms with Crippen LogP contribution in [0.2, 0.25) is 0 Å². The summed E-state index contributed by atoms with van der Waals surface area (Å²) in [5, 5.41) is 2.15. The van der Waals surface area contributed by atoms with Gasteiger partial charge in [0, 0.05) is 11.6 Å². The molecule has 0 aliphatic rings. The van der Waals surface area contributed by atoms with Crippen LogP contribution >= 0.6 is 0 Å². The van der Waals surface area contributed by atoms with Crippen molar-refractivity contribution in [3.05, 3.63) is 30.0 Å². The molecule has 0 fully saturated rings. The normalized spacial score (nSPS) is 11.6. The molecule has 2 aromatic rings. The molecule has 3 heteroatoms. The van der Waals surface area contributed by atoms with E-state index in [4.69, 9.17) is 9.47 Å². The van der Waals surface area contributed by atoms with Crippen molar-refractivity contribution in [3.63, 3.8) is 0 Å². The number of fused-ring (bicyclic) bond motifs is 1. The molecule has 0 bridgehead atoms. The highest BCUT2D eigenvalue weighted by atomic mass is 16.5. The topological polar surface area (TPSA) is 31.4 Å². The standard InChI is InChI=1S/C15H19NO2/c1-15(2,3)13-9-16-14(18-5)11-7-6-10(17-4)8-12(11)13/h6-9H,1-5H3. The minimum atomic E-state index is 0.0316. The van der Waals surface area contributed by atoms with Gasteiger partial charge in [-0.3, -0.25) is 0 Å². The molecule has 2 rings (SSSR count). The number of benzene rings is 1. The SMILES string of the molecule is COc1ccc2c(OC)ncc(C(C)(C)C)c2c1. The minimum Gasteiger partial charge on any atom is -0.497 e. The zero-order valence-corrected chi connectivity index (χ0v) is 11.6. The van der Waals surface area contributed by atoms with Crippen LogP contribution in [0.5, 0.6) is 11.6 Å². The maximum absolute atomic E-state index is 5.32. The fraction of sp³-hybridized carbons (Fsp3) is 0.400. The average Bonchev–Trinajstić information content (AvgIpc) is 2.35. The summed E-state index contributed by atoms with van der Waals surface area (Å²) in [5.74, 6) is 1.50. The maximum Gasteiger partial charge on any atom is 0.221 e. The molecular formula is C15H19NO2. The summed E-state index contributed by atoms with van der Waals surface area (Å²) in [6.45, 7) is 6.53. The van der Waals surface area contributed by atoms with Crippen molar-refractivity contribution in [1.82, 2.24) is 4.98 Å². The summed E-state index contributed by atoms with van der Waals surface area (Å²) in [7, 11) is 3.32. The minimum absolute atomic E-state index is 0.0316. The number of methoxy groups -OCH3 is 2. The van der Waals surface area contributed by atoms with Crippen molar-refractivity contribution in [2.75, 3.05) is 14.2 Å². The van der Waals surface area contributed by atoms with Crippen molar-refractivity contribution >= 4 is 10.8 Å². The highest BCUT2D eigenvalue weighted by Crippen LogP contribution is 2.35. The Morgan fingerprint density at radius 3 is 2.28 bits per heavy atom. The Morgan fingerprint density at radius 2 is 1.72 bits per heavy atom. The van der Waals surface area contributed by atoms with Gasteiger partial charge in [-0.2, -0.15) is 0 Å². The van der Waals surface area contributed by atoms with Gasteiger partial charge in [0.2, 0.25) is 5.88 Å². The Labute approximate surface area is 108 Å². The van der Waals surface area contributed by atoms with E-state index in [1.807, 2.05) is 24.4 Å². The van der Waals surface area contributed by atoms with Crippen LogP contribution in [0, 0.1) is 0 Å². The molecule has 0 aliphatic heterocycles. The fourth-order valence-corrected chi connectivity index (χ4v) is 2.08. The molecule has 1 heterocycles. The van der Waals surface area contributed by atoms with Gasteiger partial charge in [0.25, 0.3) is 0 Å². The molecule has 0 saturated heterocycles. The lowest BCUT2D eigenvalue weighted by Gasteiger charge is -2.21. The lowest BCUT2D eigenvalue weighted by molar-refractivity contribution is 0.402. The molecule has 96 valence electrons. The van der Waals surface area contributed by atoms with Crippen LogP contribution in [0.4, 0.5) is 0 Å². The number of aromatic nitrogens is 1. The third kappa shape index (κ3) is 2.13. The smallest absolute Gasteiger partial charge is 0.221 e. The first kappa shape index (κ1) is 12.7. The predicted octanol–water partition coefficient (Wildman–Crippen LogP) is 3.55. The summed E-state index contributed by atoms with van der Waals surface area (Å²) in [6.07, 6.45) is 1.89. The third-order valence-electron chi connectivity index (χ3n) is 3.06. The van der Waals surface area contributed by atoms with Crippen molar-refractivity contribution < 1.29 is 9.47 Å². The predicted molar refractivity (Wildman–Crippen MR) is 73.5 cm³/mol. The maximum atomic E-state index is 5.32. The number of pyridine rings is 1. The van der Waals surface area contributed by atoms with Gasteiger partial charge in [0.15, 0.2) is 0 Å². The molecule has 1 aromatic carbocycles. The summed E-state index contributed by atoms with van der Waals surface area (Å²) in [6, 6.07) is 5.97. The van der Waals surface area contributed by atoms with E-state index in [0.717, 1.165) is 16.5 Å². The van der Waals surface area contributed by atoms with Gasteiger partial charge in [-0.25, -0.2) is 4.98 Å². The van der Waals surface area contributed by atoms with Crippen LogP contribution in [-0.2, 0) is 5.41 Å². The van der Waals surface area contributed by atoms with E-state index in [1.54, 1.807) is 14.2 Å². The zero-order chi connectivity index (χ0) is 13.3. The first-order valence-corrected chi connectivity index (χ1v) is 5.98. The van der Waals surface area contributed by atoms with E-state index in [1.165, 1.54) is 5.56 Å². The second kappa shape index (κ2) is 4.48. The molecule has 1 aromatic heterocycles. The second-order valence-electron chi connectivity index (χ2n) is 5.34. The van der Waals surface area contributed by atoms with Crippen LogP contribution in [0.25, 0.3) is 10.8 Å². The number of ether oxygens (including phenoxy) is 2. The molecular weight excluding hydrogens is 226 g/mol.